The minimum atomic E-state index is 0.119. The van der Waals surface area contributed by atoms with Crippen molar-refractivity contribution in [2.45, 2.75) is 57.0 Å². The highest BCUT2D eigenvalue weighted by Gasteiger charge is 2.45. The van der Waals surface area contributed by atoms with Crippen LogP contribution >= 0.6 is 0 Å². The van der Waals surface area contributed by atoms with Crippen molar-refractivity contribution in [2.75, 3.05) is 19.7 Å². The van der Waals surface area contributed by atoms with E-state index in [2.05, 4.69) is 29.2 Å². The molecule has 1 aromatic carbocycles. The molecule has 0 spiro atoms. The van der Waals surface area contributed by atoms with Gasteiger partial charge in [0, 0.05) is 11.6 Å². The third-order valence-corrected chi connectivity index (χ3v) is 5.33. The summed E-state index contributed by atoms with van der Waals surface area (Å²) in [6, 6.07) is 8.56. The van der Waals surface area contributed by atoms with Crippen molar-refractivity contribution >= 4 is 0 Å². The van der Waals surface area contributed by atoms with E-state index in [0.717, 1.165) is 5.75 Å². The highest BCUT2D eigenvalue weighted by atomic mass is 16.5. The van der Waals surface area contributed by atoms with Gasteiger partial charge in [0.05, 0.1) is 6.61 Å². The lowest BCUT2D eigenvalue weighted by Gasteiger charge is -2.43. The van der Waals surface area contributed by atoms with Crippen LogP contribution in [0.1, 0.15) is 57.1 Å². The molecule has 1 aliphatic heterocycles. The first-order chi connectivity index (χ1) is 10.3. The summed E-state index contributed by atoms with van der Waals surface area (Å²) in [5.41, 5.74) is 8.21. The molecule has 1 saturated heterocycles. The van der Waals surface area contributed by atoms with E-state index >= 15 is 0 Å². The SMILES string of the molecule is CCOc1ccc(C(N)C2(N3CCCC3)CCCC2)cc1. The van der Waals surface area contributed by atoms with Crippen molar-refractivity contribution in [3.05, 3.63) is 29.8 Å². The molecule has 0 amide bonds. The molecule has 1 saturated carbocycles. The van der Waals surface area contributed by atoms with Crippen molar-refractivity contribution in [1.82, 2.24) is 4.90 Å². The van der Waals surface area contributed by atoms with Gasteiger partial charge in [-0.05, 0) is 63.4 Å². The molecule has 3 rings (SSSR count). The monoisotopic (exact) mass is 288 g/mol. The first-order valence-corrected chi connectivity index (χ1v) is 8.50. The number of nitrogens with two attached hydrogens (primary N) is 1. The number of ether oxygens (including phenoxy) is 1. The van der Waals surface area contributed by atoms with Crippen LogP contribution in [-0.2, 0) is 0 Å². The summed E-state index contributed by atoms with van der Waals surface area (Å²) < 4.78 is 5.54. The maximum atomic E-state index is 6.76. The molecule has 1 unspecified atom stereocenters. The van der Waals surface area contributed by atoms with Crippen LogP contribution in [0.2, 0.25) is 0 Å². The summed E-state index contributed by atoms with van der Waals surface area (Å²) >= 11 is 0. The lowest BCUT2D eigenvalue weighted by Crippen LogP contribution is -2.52. The Kier molecular flexibility index (Phi) is 4.51. The van der Waals surface area contributed by atoms with Crippen LogP contribution in [-0.4, -0.2) is 30.1 Å². The fraction of sp³-hybridized carbons (Fsp3) is 0.667. The van der Waals surface area contributed by atoms with Gasteiger partial charge in [0.2, 0.25) is 0 Å². The molecule has 3 heteroatoms. The van der Waals surface area contributed by atoms with E-state index in [0.29, 0.717) is 6.61 Å². The number of benzene rings is 1. The number of hydrogen-bond acceptors (Lipinski definition) is 3. The van der Waals surface area contributed by atoms with Gasteiger partial charge in [-0.1, -0.05) is 25.0 Å². The van der Waals surface area contributed by atoms with E-state index in [4.69, 9.17) is 10.5 Å². The highest BCUT2D eigenvalue weighted by Crippen LogP contribution is 2.44. The second-order valence-electron chi connectivity index (χ2n) is 6.48. The van der Waals surface area contributed by atoms with Gasteiger partial charge in [-0.3, -0.25) is 4.90 Å². The van der Waals surface area contributed by atoms with E-state index < -0.39 is 0 Å². The highest BCUT2D eigenvalue weighted by molar-refractivity contribution is 5.31. The van der Waals surface area contributed by atoms with E-state index in [1.54, 1.807) is 0 Å². The zero-order chi connectivity index (χ0) is 14.7. The van der Waals surface area contributed by atoms with Crippen molar-refractivity contribution in [2.24, 2.45) is 5.73 Å². The number of rotatable bonds is 5. The van der Waals surface area contributed by atoms with E-state index in [1.165, 1.54) is 57.2 Å². The molecule has 3 nitrogen and oxygen atoms in total. The number of hydrogen-bond donors (Lipinski definition) is 1. The molecular formula is C18H28N2O. The molecule has 1 heterocycles. The summed E-state index contributed by atoms with van der Waals surface area (Å²) in [6.45, 7) is 5.18. The second-order valence-corrected chi connectivity index (χ2v) is 6.48. The third kappa shape index (κ3) is 2.82. The lowest BCUT2D eigenvalue weighted by atomic mass is 9.82. The Labute approximate surface area is 128 Å². The van der Waals surface area contributed by atoms with Gasteiger partial charge in [0.15, 0.2) is 0 Å². The topological polar surface area (TPSA) is 38.5 Å². The molecule has 116 valence electrons. The van der Waals surface area contributed by atoms with Crippen LogP contribution in [0, 0.1) is 0 Å². The quantitative estimate of drug-likeness (QED) is 0.901. The smallest absolute Gasteiger partial charge is 0.119 e. The second kappa shape index (κ2) is 6.37. The lowest BCUT2D eigenvalue weighted by molar-refractivity contribution is 0.0921. The van der Waals surface area contributed by atoms with Crippen LogP contribution in [0.4, 0.5) is 0 Å². The van der Waals surface area contributed by atoms with Gasteiger partial charge in [0.1, 0.15) is 5.75 Å². The van der Waals surface area contributed by atoms with Gasteiger partial charge >= 0.3 is 0 Å². The molecule has 1 aliphatic carbocycles. The Bertz CT molecular complexity index is 445. The Morgan fingerprint density at radius 2 is 1.71 bits per heavy atom. The maximum absolute atomic E-state index is 6.76. The van der Waals surface area contributed by atoms with Crippen LogP contribution in [0.3, 0.4) is 0 Å². The first kappa shape index (κ1) is 14.9. The zero-order valence-electron chi connectivity index (χ0n) is 13.2. The van der Waals surface area contributed by atoms with Crippen LogP contribution in [0.5, 0.6) is 5.75 Å². The number of nitrogens with zero attached hydrogens (tertiary/aromatic N) is 1. The maximum Gasteiger partial charge on any atom is 0.119 e. The predicted molar refractivity (Wildman–Crippen MR) is 86.5 cm³/mol. The fourth-order valence-electron chi connectivity index (χ4n) is 4.22. The van der Waals surface area contributed by atoms with Gasteiger partial charge in [-0.2, -0.15) is 0 Å². The molecule has 0 radical (unpaired) electrons. The Morgan fingerprint density at radius 1 is 1.10 bits per heavy atom. The summed E-state index contributed by atoms with van der Waals surface area (Å²) in [7, 11) is 0. The van der Waals surface area contributed by atoms with Crippen LogP contribution < -0.4 is 10.5 Å². The van der Waals surface area contributed by atoms with Crippen LogP contribution in [0.25, 0.3) is 0 Å². The molecule has 0 aromatic heterocycles. The molecule has 1 aromatic rings. The van der Waals surface area contributed by atoms with Crippen molar-refractivity contribution in [1.29, 1.82) is 0 Å². The minimum Gasteiger partial charge on any atom is -0.494 e. The van der Waals surface area contributed by atoms with E-state index in [-0.39, 0.29) is 11.6 Å². The average Bonchev–Trinajstić information content (AvgIpc) is 3.19. The van der Waals surface area contributed by atoms with Gasteiger partial charge in [-0.25, -0.2) is 0 Å². The van der Waals surface area contributed by atoms with Crippen molar-refractivity contribution < 1.29 is 4.74 Å². The fourth-order valence-corrected chi connectivity index (χ4v) is 4.22. The van der Waals surface area contributed by atoms with Crippen molar-refractivity contribution in [3.8, 4) is 5.75 Å². The number of likely N-dealkylation sites (tertiary alicyclic amines) is 1. The molecule has 0 bridgehead atoms. The molecule has 1 atom stereocenters. The Morgan fingerprint density at radius 3 is 2.29 bits per heavy atom. The summed E-state index contributed by atoms with van der Waals surface area (Å²) in [5.74, 6) is 0.940. The normalized spacial score (nSPS) is 23.3. The average molecular weight is 288 g/mol. The van der Waals surface area contributed by atoms with E-state index in [1.807, 2.05) is 6.92 Å². The summed E-state index contributed by atoms with van der Waals surface area (Å²) in [6.07, 6.45) is 7.81. The predicted octanol–water partition coefficient (Wildman–Crippen LogP) is 3.49. The standard InChI is InChI=1S/C18H28N2O/c1-2-21-16-9-7-15(8-10-16)17(19)18(11-3-4-12-18)20-13-5-6-14-20/h7-10,17H,2-6,11-14,19H2,1H3. The van der Waals surface area contributed by atoms with Gasteiger partial charge in [-0.15, -0.1) is 0 Å². The van der Waals surface area contributed by atoms with Gasteiger partial charge in [0.25, 0.3) is 0 Å². The summed E-state index contributed by atoms with van der Waals surface area (Å²) in [4.78, 5) is 2.68. The largest absolute Gasteiger partial charge is 0.494 e. The molecule has 21 heavy (non-hydrogen) atoms. The Hall–Kier alpha value is -1.06. The van der Waals surface area contributed by atoms with Crippen LogP contribution in [0.15, 0.2) is 24.3 Å². The molecule has 2 aliphatic rings. The minimum absolute atomic E-state index is 0.119. The third-order valence-electron chi connectivity index (χ3n) is 5.33. The van der Waals surface area contributed by atoms with E-state index in [9.17, 15) is 0 Å². The first-order valence-electron chi connectivity index (χ1n) is 8.50. The molecule has 2 fully saturated rings. The molecular weight excluding hydrogens is 260 g/mol. The Balaban J connectivity index is 1.81. The van der Waals surface area contributed by atoms with Crippen molar-refractivity contribution in [3.63, 3.8) is 0 Å². The van der Waals surface area contributed by atoms with Gasteiger partial charge < -0.3 is 10.5 Å². The zero-order valence-corrected chi connectivity index (χ0v) is 13.2. The molecule has 2 N–H and O–H groups in total. The summed E-state index contributed by atoms with van der Waals surface area (Å²) in [5, 5.41) is 0.